The molecule has 126 valence electrons. The summed E-state index contributed by atoms with van der Waals surface area (Å²) in [5.74, 6) is -0.998. The van der Waals surface area contributed by atoms with Gasteiger partial charge >= 0.3 is 5.97 Å². The third kappa shape index (κ3) is 2.98. The first-order valence-corrected chi connectivity index (χ1v) is 8.03. The third-order valence-electron chi connectivity index (χ3n) is 4.42. The second-order valence-corrected chi connectivity index (χ2v) is 6.15. The average Bonchev–Trinajstić information content (AvgIpc) is 2.93. The van der Waals surface area contributed by atoms with Crippen LogP contribution in [0.3, 0.4) is 0 Å². The molecule has 1 N–H and O–H groups in total. The van der Waals surface area contributed by atoms with E-state index in [1.165, 1.54) is 11.4 Å². The summed E-state index contributed by atoms with van der Waals surface area (Å²) in [6.45, 7) is 9.47. The third-order valence-corrected chi connectivity index (χ3v) is 4.42. The number of aromatic carboxylic acids is 1. The lowest BCUT2D eigenvalue weighted by Crippen LogP contribution is -2.00. The second-order valence-electron chi connectivity index (χ2n) is 6.15. The standard InChI is InChI=1S/C21H20N2O2/c1-13-11-17(12-19(21(24)25)20(13)22-4)16-7-9-18(10-8-16)23-14(2)5-6-15(23)3/h5-12H,4H2,1-3H3,(H,24,25). The molecule has 0 atom stereocenters. The molecule has 0 aliphatic heterocycles. The Morgan fingerprint density at radius 3 is 2.08 bits per heavy atom. The van der Waals surface area contributed by atoms with Gasteiger partial charge in [-0.3, -0.25) is 4.99 Å². The lowest BCUT2D eigenvalue weighted by atomic mass is 9.98. The molecule has 3 rings (SSSR count). The largest absolute Gasteiger partial charge is 0.478 e. The highest BCUT2D eigenvalue weighted by molar-refractivity contribution is 5.96. The van der Waals surface area contributed by atoms with E-state index in [2.05, 4.69) is 42.3 Å². The zero-order valence-electron chi connectivity index (χ0n) is 14.6. The number of aromatic nitrogens is 1. The Morgan fingerprint density at radius 1 is 0.960 bits per heavy atom. The molecule has 4 heteroatoms. The van der Waals surface area contributed by atoms with Crippen molar-refractivity contribution >= 4 is 18.4 Å². The van der Waals surface area contributed by atoms with Gasteiger partial charge in [-0.1, -0.05) is 12.1 Å². The van der Waals surface area contributed by atoms with Crippen LogP contribution in [0.1, 0.15) is 27.3 Å². The Hall–Kier alpha value is -3.14. The van der Waals surface area contributed by atoms with E-state index in [0.717, 1.165) is 22.4 Å². The number of benzene rings is 2. The molecule has 1 heterocycles. The molecule has 0 spiro atoms. The number of aliphatic imine (C=N–C) groups is 1. The Bertz CT molecular complexity index is 947. The molecule has 0 unspecified atom stereocenters. The SMILES string of the molecule is C=Nc1c(C)cc(-c2ccc(-n3c(C)ccc3C)cc2)cc1C(=O)O. The minimum atomic E-state index is -0.998. The zero-order valence-corrected chi connectivity index (χ0v) is 14.6. The number of hydrogen-bond acceptors (Lipinski definition) is 2. The lowest BCUT2D eigenvalue weighted by molar-refractivity contribution is 0.0698. The topological polar surface area (TPSA) is 54.6 Å². The van der Waals surface area contributed by atoms with Gasteiger partial charge in [0.2, 0.25) is 0 Å². The number of carboxylic acid groups (broad SMARTS) is 1. The van der Waals surface area contributed by atoms with Crippen molar-refractivity contribution in [2.24, 2.45) is 4.99 Å². The maximum absolute atomic E-state index is 11.5. The summed E-state index contributed by atoms with van der Waals surface area (Å²) in [7, 11) is 0. The Kier molecular flexibility index (Phi) is 4.28. The number of nitrogens with zero attached hydrogens (tertiary/aromatic N) is 2. The number of carbonyl (C=O) groups is 1. The molecule has 1 aromatic heterocycles. The summed E-state index contributed by atoms with van der Waals surface area (Å²) in [5, 5.41) is 9.43. The Balaban J connectivity index is 2.06. The second kappa shape index (κ2) is 6.40. The maximum Gasteiger partial charge on any atom is 0.337 e. The van der Waals surface area contributed by atoms with Gasteiger partial charge < -0.3 is 9.67 Å². The predicted octanol–water partition coefficient (Wildman–Crippen LogP) is 5.10. The normalized spacial score (nSPS) is 10.7. The summed E-state index contributed by atoms with van der Waals surface area (Å²) in [5.41, 5.74) is 6.65. The van der Waals surface area contributed by atoms with Gasteiger partial charge in [0.1, 0.15) is 0 Å². The van der Waals surface area contributed by atoms with Crippen molar-refractivity contribution in [2.45, 2.75) is 20.8 Å². The smallest absolute Gasteiger partial charge is 0.337 e. The molecule has 25 heavy (non-hydrogen) atoms. The molecule has 0 bridgehead atoms. The summed E-state index contributed by atoms with van der Waals surface area (Å²) < 4.78 is 2.18. The fourth-order valence-corrected chi connectivity index (χ4v) is 3.20. The van der Waals surface area contributed by atoms with Gasteiger partial charge in [-0.2, -0.15) is 0 Å². The van der Waals surface area contributed by atoms with E-state index < -0.39 is 5.97 Å². The van der Waals surface area contributed by atoms with Crippen molar-refractivity contribution < 1.29 is 9.90 Å². The molecule has 0 saturated carbocycles. The van der Waals surface area contributed by atoms with Crippen LogP contribution in [0.2, 0.25) is 0 Å². The molecule has 0 amide bonds. The number of carboxylic acids is 1. The Labute approximate surface area is 147 Å². The van der Waals surface area contributed by atoms with Gasteiger partial charge in [0.05, 0.1) is 11.3 Å². The summed E-state index contributed by atoms with van der Waals surface area (Å²) >= 11 is 0. The van der Waals surface area contributed by atoms with Crippen LogP contribution in [0.15, 0.2) is 53.5 Å². The molecule has 0 aliphatic rings. The summed E-state index contributed by atoms with van der Waals surface area (Å²) in [6.07, 6.45) is 0. The van der Waals surface area contributed by atoms with Gasteiger partial charge in [0.15, 0.2) is 0 Å². The van der Waals surface area contributed by atoms with Gasteiger partial charge in [-0.15, -0.1) is 0 Å². The minimum absolute atomic E-state index is 0.172. The first-order valence-electron chi connectivity index (χ1n) is 8.03. The fourth-order valence-electron chi connectivity index (χ4n) is 3.20. The molecule has 0 radical (unpaired) electrons. The van der Waals surface area contributed by atoms with Gasteiger partial charge in [0.25, 0.3) is 0 Å². The molecule has 0 saturated heterocycles. The molecule has 3 aromatic rings. The first kappa shape index (κ1) is 16.7. The van der Waals surface area contributed by atoms with Gasteiger partial charge in [0, 0.05) is 17.1 Å². The first-order chi connectivity index (χ1) is 11.9. The van der Waals surface area contributed by atoms with Crippen LogP contribution in [0.25, 0.3) is 16.8 Å². The van der Waals surface area contributed by atoms with Crippen molar-refractivity contribution in [3.63, 3.8) is 0 Å². The van der Waals surface area contributed by atoms with Gasteiger partial charge in [-0.05, 0) is 80.6 Å². The Morgan fingerprint density at radius 2 is 1.56 bits per heavy atom. The van der Waals surface area contributed by atoms with E-state index >= 15 is 0 Å². The highest BCUT2D eigenvalue weighted by Crippen LogP contribution is 2.31. The van der Waals surface area contributed by atoms with Crippen LogP contribution in [0.5, 0.6) is 0 Å². The van der Waals surface area contributed by atoms with Crippen LogP contribution >= 0.6 is 0 Å². The monoisotopic (exact) mass is 332 g/mol. The van der Waals surface area contributed by atoms with Gasteiger partial charge in [-0.25, -0.2) is 4.79 Å². The van der Waals surface area contributed by atoms with E-state index in [1.54, 1.807) is 6.07 Å². The minimum Gasteiger partial charge on any atom is -0.478 e. The van der Waals surface area contributed by atoms with Crippen molar-refractivity contribution in [2.75, 3.05) is 0 Å². The quantitative estimate of drug-likeness (QED) is 0.676. The number of aryl methyl sites for hydroxylation is 3. The van der Waals surface area contributed by atoms with Crippen LogP contribution < -0.4 is 0 Å². The van der Waals surface area contributed by atoms with Crippen LogP contribution in [0, 0.1) is 20.8 Å². The molecule has 0 aliphatic carbocycles. The zero-order chi connectivity index (χ0) is 18.1. The summed E-state index contributed by atoms with van der Waals surface area (Å²) in [6, 6.07) is 15.9. The van der Waals surface area contributed by atoms with Crippen molar-refractivity contribution in [1.82, 2.24) is 4.57 Å². The number of hydrogen-bond donors (Lipinski definition) is 1. The van der Waals surface area contributed by atoms with Crippen LogP contribution in [-0.2, 0) is 0 Å². The molecule has 0 fully saturated rings. The highest BCUT2D eigenvalue weighted by Gasteiger charge is 2.14. The van der Waals surface area contributed by atoms with Crippen molar-refractivity contribution in [3.05, 3.63) is 71.0 Å². The maximum atomic E-state index is 11.5. The van der Waals surface area contributed by atoms with Crippen molar-refractivity contribution in [3.8, 4) is 16.8 Å². The molecule has 2 aromatic carbocycles. The summed E-state index contributed by atoms with van der Waals surface area (Å²) in [4.78, 5) is 15.4. The van der Waals surface area contributed by atoms with Crippen LogP contribution in [-0.4, -0.2) is 22.4 Å². The lowest BCUT2D eigenvalue weighted by Gasteiger charge is -2.12. The van der Waals surface area contributed by atoms with Crippen LogP contribution in [0.4, 0.5) is 5.69 Å². The van der Waals surface area contributed by atoms with E-state index in [0.29, 0.717) is 5.69 Å². The van der Waals surface area contributed by atoms with E-state index in [9.17, 15) is 9.90 Å². The molecular formula is C21H20N2O2. The van der Waals surface area contributed by atoms with E-state index in [-0.39, 0.29) is 5.56 Å². The predicted molar refractivity (Wildman–Crippen MR) is 102 cm³/mol. The number of rotatable bonds is 4. The fraction of sp³-hybridized carbons (Fsp3) is 0.143. The highest BCUT2D eigenvalue weighted by atomic mass is 16.4. The molecular weight excluding hydrogens is 312 g/mol. The van der Waals surface area contributed by atoms with E-state index in [4.69, 9.17) is 0 Å². The molecule has 4 nitrogen and oxygen atoms in total. The van der Waals surface area contributed by atoms with E-state index in [1.807, 2.05) is 37.3 Å². The average molecular weight is 332 g/mol. The van der Waals surface area contributed by atoms with Crippen molar-refractivity contribution in [1.29, 1.82) is 0 Å².